The van der Waals surface area contributed by atoms with E-state index in [0.29, 0.717) is 23.2 Å². The Morgan fingerprint density at radius 2 is 1.90 bits per heavy atom. The van der Waals surface area contributed by atoms with Crippen molar-refractivity contribution < 1.29 is 8.78 Å². The number of rotatable bonds is 6. The molecule has 0 aliphatic carbocycles. The lowest BCUT2D eigenvalue weighted by Gasteiger charge is -2.15. The molecule has 3 N–H and O–H groups in total. The van der Waals surface area contributed by atoms with E-state index in [1.54, 1.807) is 25.2 Å². The van der Waals surface area contributed by atoms with Gasteiger partial charge in [-0.2, -0.15) is 20.1 Å². The number of aryl methyl sites for hydroxylation is 1. The third kappa shape index (κ3) is 4.37. The molecule has 29 heavy (non-hydrogen) atoms. The number of nitrogens with one attached hydrogen (secondary N) is 3. The fourth-order valence-corrected chi connectivity index (χ4v) is 3.48. The fourth-order valence-electron chi connectivity index (χ4n) is 2.78. The van der Waals surface area contributed by atoms with E-state index in [1.807, 2.05) is 23.6 Å². The van der Waals surface area contributed by atoms with Gasteiger partial charge in [0.1, 0.15) is 17.5 Å². The Labute approximate surface area is 169 Å². The summed E-state index contributed by atoms with van der Waals surface area (Å²) >= 11 is 1.60. The van der Waals surface area contributed by atoms with Gasteiger partial charge >= 0.3 is 0 Å². The van der Waals surface area contributed by atoms with Crippen LogP contribution >= 0.6 is 11.3 Å². The number of halogens is 2. The first-order valence-electron chi connectivity index (χ1n) is 8.78. The molecule has 7 nitrogen and oxygen atoms in total. The number of hydrogen-bond acceptors (Lipinski definition) is 7. The standard InChI is InChI=1S/C19H17F2N7S/c1-10(13-6-5-12(20)8-14(13)21)22-18-23-11(2)24-19(26-18)25-17-9-15(27-28-17)16-4-3-7-29-16/h3-10H,1-2H3,(H3,22,23,24,25,26,27,28). The number of hydrogen-bond donors (Lipinski definition) is 3. The number of benzene rings is 1. The quantitative estimate of drug-likeness (QED) is 0.420. The maximum Gasteiger partial charge on any atom is 0.233 e. The zero-order valence-electron chi connectivity index (χ0n) is 15.6. The maximum absolute atomic E-state index is 14.0. The van der Waals surface area contributed by atoms with Crippen LogP contribution in [-0.4, -0.2) is 25.1 Å². The Bertz CT molecular complexity index is 1130. The van der Waals surface area contributed by atoms with Crippen LogP contribution in [0.2, 0.25) is 0 Å². The summed E-state index contributed by atoms with van der Waals surface area (Å²) in [5.74, 6) is 0.350. The van der Waals surface area contributed by atoms with Gasteiger partial charge in [0.2, 0.25) is 11.9 Å². The third-order valence-electron chi connectivity index (χ3n) is 4.13. The van der Waals surface area contributed by atoms with E-state index >= 15 is 0 Å². The van der Waals surface area contributed by atoms with E-state index in [2.05, 4.69) is 35.8 Å². The molecule has 0 radical (unpaired) electrons. The van der Waals surface area contributed by atoms with Gasteiger partial charge in [0.05, 0.1) is 16.6 Å². The first-order chi connectivity index (χ1) is 14.0. The van der Waals surface area contributed by atoms with Gasteiger partial charge in [-0.15, -0.1) is 11.3 Å². The van der Waals surface area contributed by atoms with Crippen molar-refractivity contribution >= 4 is 29.1 Å². The molecule has 0 saturated heterocycles. The normalized spacial score (nSPS) is 12.0. The molecule has 3 aromatic heterocycles. The predicted octanol–water partition coefficient (Wildman–Crippen LogP) is 4.83. The van der Waals surface area contributed by atoms with Crippen LogP contribution in [0.5, 0.6) is 0 Å². The Morgan fingerprint density at radius 1 is 1.07 bits per heavy atom. The lowest BCUT2D eigenvalue weighted by atomic mass is 10.1. The molecule has 0 aliphatic rings. The molecule has 0 amide bonds. The minimum absolute atomic E-state index is 0.269. The summed E-state index contributed by atoms with van der Waals surface area (Å²) in [4.78, 5) is 13.9. The van der Waals surface area contributed by atoms with E-state index in [0.717, 1.165) is 16.6 Å². The van der Waals surface area contributed by atoms with Gasteiger partial charge in [-0.1, -0.05) is 12.1 Å². The molecular formula is C19H17F2N7S. The van der Waals surface area contributed by atoms with Gasteiger partial charge < -0.3 is 10.6 Å². The molecule has 0 saturated carbocycles. The van der Waals surface area contributed by atoms with Crippen LogP contribution in [0.4, 0.5) is 26.5 Å². The summed E-state index contributed by atoms with van der Waals surface area (Å²) < 4.78 is 27.1. The predicted molar refractivity (Wildman–Crippen MR) is 108 cm³/mol. The Morgan fingerprint density at radius 3 is 2.66 bits per heavy atom. The molecule has 4 rings (SSSR count). The van der Waals surface area contributed by atoms with Crippen LogP contribution < -0.4 is 10.6 Å². The molecule has 148 valence electrons. The van der Waals surface area contributed by atoms with Crippen molar-refractivity contribution in [2.75, 3.05) is 10.6 Å². The third-order valence-corrected chi connectivity index (χ3v) is 5.03. The zero-order chi connectivity index (χ0) is 20.4. The monoisotopic (exact) mass is 413 g/mol. The van der Waals surface area contributed by atoms with E-state index in [4.69, 9.17) is 0 Å². The molecule has 1 unspecified atom stereocenters. The summed E-state index contributed by atoms with van der Waals surface area (Å²) in [6, 6.07) is 8.80. The van der Waals surface area contributed by atoms with Crippen molar-refractivity contribution in [3.8, 4) is 10.6 Å². The first kappa shape index (κ1) is 18.9. The molecule has 0 bridgehead atoms. The zero-order valence-corrected chi connectivity index (χ0v) is 16.4. The highest BCUT2D eigenvalue weighted by molar-refractivity contribution is 7.13. The van der Waals surface area contributed by atoms with Crippen LogP contribution in [0, 0.1) is 18.6 Å². The molecule has 3 heterocycles. The molecular weight excluding hydrogens is 396 g/mol. The average Bonchev–Trinajstić information content (AvgIpc) is 3.32. The number of nitrogens with zero attached hydrogens (tertiary/aromatic N) is 4. The molecule has 0 aliphatic heterocycles. The van der Waals surface area contributed by atoms with Crippen LogP contribution in [0.1, 0.15) is 24.4 Å². The second kappa shape index (κ2) is 7.92. The highest BCUT2D eigenvalue weighted by Gasteiger charge is 2.14. The number of aromatic amines is 1. The highest BCUT2D eigenvalue weighted by Crippen LogP contribution is 2.26. The maximum atomic E-state index is 14.0. The van der Waals surface area contributed by atoms with Crippen LogP contribution in [0.25, 0.3) is 10.6 Å². The van der Waals surface area contributed by atoms with Gasteiger partial charge in [0.25, 0.3) is 0 Å². The summed E-state index contributed by atoms with van der Waals surface area (Å²) in [5, 5.41) is 15.2. The average molecular weight is 413 g/mol. The number of aromatic nitrogens is 5. The number of H-pyrrole nitrogens is 1. The van der Waals surface area contributed by atoms with Crippen molar-refractivity contribution in [2.45, 2.75) is 19.9 Å². The second-order valence-corrected chi connectivity index (χ2v) is 7.28. The molecule has 0 fully saturated rings. The summed E-state index contributed by atoms with van der Waals surface area (Å²) in [5.41, 5.74) is 1.19. The van der Waals surface area contributed by atoms with E-state index in [1.165, 1.54) is 12.1 Å². The van der Waals surface area contributed by atoms with Crippen molar-refractivity contribution in [3.63, 3.8) is 0 Å². The Kier molecular flexibility index (Phi) is 5.17. The summed E-state index contributed by atoms with van der Waals surface area (Å²) in [6.45, 7) is 3.46. The van der Waals surface area contributed by atoms with E-state index in [-0.39, 0.29) is 5.95 Å². The fraction of sp³-hybridized carbons (Fsp3) is 0.158. The van der Waals surface area contributed by atoms with Gasteiger partial charge in [-0.3, -0.25) is 5.10 Å². The number of anilines is 3. The molecule has 1 aromatic carbocycles. The smallest absolute Gasteiger partial charge is 0.233 e. The van der Waals surface area contributed by atoms with E-state index < -0.39 is 17.7 Å². The topological polar surface area (TPSA) is 91.4 Å². The van der Waals surface area contributed by atoms with Crippen molar-refractivity contribution in [3.05, 3.63) is 64.8 Å². The van der Waals surface area contributed by atoms with Gasteiger partial charge in [0, 0.05) is 17.7 Å². The minimum Gasteiger partial charge on any atom is -0.347 e. The van der Waals surface area contributed by atoms with E-state index in [9.17, 15) is 8.78 Å². The Hall–Kier alpha value is -3.40. The summed E-state index contributed by atoms with van der Waals surface area (Å²) in [6.07, 6.45) is 0. The van der Waals surface area contributed by atoms with Crippen LogP contribution in [0.15, 0.2) is 41.8 Å². The first-order valence-corrected chi connectivity index (χ1v) is 9.66. The van der Waals surface area contributed by atoms with Gasteiger partial charge in [0.15, 0.2) is 5.82 Å². The van der Waals surface area contributed by atoms with Crippen molar-refractivity contribution in [2.24, 2.45) is 0 Å². The summed E-state index contributed by atoms with van der Waals surface area (Å²) in [7, 11) is 0. The highest BCUT2D eigenvalue weighted by atomic mass is 32.1. The largest absolute Gasteiger partial charge is 0.347 e. The second-order valence-electron chi connectivity index (χ2n) is 6.33. The van der Waals surface area contributed by atoms with Crippen molar-refractivity contribution in [1.82, 2.24) is 25.1 Å². The van der Waals surface area contributed by atoms with Crippen LogP contribution in [0.3, 0.4) is 0 Å². The minimum atomic E-state index is -0.633. The van der Waals surface area contributed by atoms with Crippen molar-refractivity contribution in [1.29, 1.82) is 0 Å². The molecule has 10 heteroatoms. The van der Waals surface area contributed by atoms with Crippen LogP contribution in [-0.2, 0) is 0 Å². The SMILES string of the molecule is Cc1nc(Nc2cc(-c3cccs3)[nH]n2)nc(NC(C)c2ccc(F)cc2F)n1. The Balaban J connectivity index is 1.51. The molecule has 0 spiro atoms. The molecule has 1 atom stereocenters. The number of thiophene rings is 1. The van der Waals surface area contributed by atoms with Gasteiger partial charge in [-0.25, -0.2) is 8.78 Å². The molecule has 4 aromatic rings. The lowest BCUT2D eigenvalue weighted by Crippen LogP contribution is -2.13. The lowest BCUT2D eigenvalue weighted by molar-refractivity contribution is 0.566. The van der Waals surface area contributed by atoms with Gasteiger partial charge in [-0.05, 0) is 31.4 Å².